The van der Waals surface area contributed by atoms with Crippen LogP contribution < -0.4 is 10.6 Å². The number of amides is 2. The van der Waals surface area contributed by atoms with Gasteiger partial charge in [0.15, 0.2) is 5.69 Å². The minimum absolute atomic E-state index is 0.0381. The second kappa shape index (κ2) is 7.31. The number of imidazole rings is 1. The van der Waals surface area contributed by atoms with Crippen molar-refractivity contribution < 1.29 is 9.59 Å². The molecule has 0 unspecified atom stereocenters. The third kappa shape index (κ3) is 4.13. The van der Waals surface area contributed by atoms with Crippen LogP contribution in [0.2, 0.25) is 0 Å². The van der Waals surface area contributed by atoms with Gasteiger partial charge in [-0.2, -0.15) is 0 Å². The smallest absolute Gasteiger partial charge is 0.276 e. The Hall–Kier alpha value is -2.93. The number of carbonyl (C=O) groups excluding carboxylic acids is 2. The number of rotatable bonds is 4. The van der Waals surface area contributed by atoms with Crippen LogP contribution in [0.3, 0.4) is 0 Å². The molecule has 126 valence electrons. The van der Waals surface area contributed by atoms with Crippen molar-refractivity contribution in [2.24, 2.45) is 0 Å². The maximum absolute atomic E-state index is 12.4. The third-order valence-corrected chi connectivity index (χ3v) is 3.99. The van der Waals surface area contributed by atoms with Crippen molar-refractivity contribution in [3.05, 3.63) is 76.3 Å². The summed E-state index contributed by atoms with van der Waals surface area (Å²) in [6, 6.07) is 14.5. The first kappa shape index (κ1) is 16.9. The van der Waals surface area contributed by atoms with Crippen LogP contribution in [0, 0.1) is 6.92 Å². The van der Waals surface area contributed by atoms with Crippen molar-refractivity contribution in [2.45, 2.75) is 6.92 Å². The van der Waals surface area contributed by atoms with Gasteiger partial charge in [-0.25, -0.2) is 4.98 Å². The van der Waals surface area contributed by atoms with Crippen LogP contribution in [0.25, 0.3) is 0 Å². The highest BCUT2D eigenvalue weighted by Gasteiger charge is 2.20. The van der Waals surface area contributed by atoms with Crippen molar-refractivity contribution in [2.75, 3.05) is 10.6 Å². The normalized spacial score (nSPS) is 10.3. The molecule has 1 heterocycles. The van der Waals surface area contributed by atoms with E-state index in [1.165, 1.54) is 6.33 Å². The number of aromatic amines is 1. The highest BCUT2D eigenvalue weighted by atomic mass is 79.9. The van der Waals surface area contributed by atoms with E-state index in [0.29, 0.717) is 11.4 Å². The first-order valence-electron chi connectivity index (χ1n) is 7.51. The monoisotopic (exact) mass is 398 g/mol. The van der Waals surface area contributed by atoms with Gasteiger partial charge in [0, 0.05) is 15.8 Å². The molecule has 0 aliphatic heterocycles. The summed E-state index contributed by atoms with van der Waals surface area (Å²) in [5, 5.41) is 5.47. The van der Waals surface area contributed by atoms with E-state index < -0.39 is 11.8 Å². The maximum atomic E-state index is 12.4. The highest BCUT2D eigenvalue weighted by Crippen LogP contribution is 2.16. The molecule has 6 nitrogen and oxygen atoms in total. The van der Waals surface area contributed by atoms with Gasteiger partial charge in [-0.05, 0) is 48.9 Å². The number of anilines is 2. The summed E-state index contributed by atoms with van der Waals surface area (Å²) in [7, 11) is 0. The van der Waals surface area contributed by atoms with Crippen molar-refractivity contribution in [3.8, 4) is 0 Å². The van der Waals surface area contributed by atoms with Crippen LogP contribution >= 0.6 is 15.9 Å². The molecule has 0 fully saturated rings. The molecule has 0 bridgehead atoms. The summed E-state index contributed by atoms with van der Waals surface area (Å²) < 4.78 is 0.908. The molecule has 0 radical (unpaired) electrons. The molecule has 1 aromatic heterocycles. The SMILES string of the molecule is Cc1cccc(NC(=O)c2nc[nH]c2C(=O)Nc2ccc(Br)cc2)c1. The number of halogens is 1. The van der Waals surface area contributed by atoms with E-state index in [1.54, 1.807) is 18.2 Å². The van der Waals surface area contributed by atoms with E-state index >= 15 is 0 Å². The number of benzene rings is 2. The third-order valence-electron chi connectivity index (χ3n) is 3.46. The molecule has 25 heavy (non-hydrogen) atoms. The molecule has 7 heteroatoms. The molecule has 3 aromatic rings. The van der Waals surface area contributed by atoms with Crippen LogP contribution in [0.4, 0.5) is 11.4 Å². The predicted octanol–water partition coefficient (Wildman–Crippen LogP) is 3.99. The lowest BCUT2D eigenvalue weighted by molar-refractivity contribution is 0.0985. The van der Waals surface area contributed by atoms with Gasteiger partial charge in [-0.15, -0.1) is 0 Å². The second-order valence-corrected chi connectivity index (χ2v) is 6.33. The Morgan fingerprint density at radius 1 is 1.00 bits per heavy atom. The van der Waals surface area contributed by atoms with E-state index in [2.05, 4.69) is 36.5 Å². The Balaban J connectivity index is 1.76. The summed E-state index contributed by atoms with van der Waals surface area (Å²) in [6.07, 6.45) is 1.32. The number of nitrogens with one attached hydrogen (secondary N) is 3. The molecule has 0 saturated heterocycles. The van der Waals surface area contributed by atoms with Gasteiger partial charge in [0.2, 0.25) is 0 Å². The summed E-state index contributed by atoms with van der Waals surface area (Å²) in [5.74, 6) is -0.887. The van der Waals surface area contributed by atoms with Gasteiger partial charge in [-0.3, -0.25) is 9.59 Å². The predicted molar refractivity (Wildman–Crippen MR) is 99.8 cm³/mol. The zero-order valence-corrected chi connectivity index (χ0v) is 14.9. The fourth-order valence-corrected chi connectivity index (χ4v) is 2.54. The number of aromatic nitrogens is 2. The minimum Gasteiger partial charge on any atom is -0.340 e. The Morgan fingerprint density at radius 2 is 1.72 bits per heavy atom. The molecule has 0 atom stereocenters. The van der Waals surface area contributed by atoms with Crippen LogP contribution in [0.5, 0.6) is 0 Å². The van der Waals surface area contributed by atoms with Crippen molar-refractivity contribution >= 4 is 39.1 Å². The van der Waals surface area contributed by atoms with Gasteiger partial charge < -0.3 is 15.6 Å². The van der Waals surface area contributed by atoms with E-state index in [0.717, 1.165) is 10.0 Å². The summed E-state index contributed by atoms with van der Waals surface area (Å²) in [6.45, 7) is 1.93. The fourth-order valence-electron chi connectivity index (χ4n) is 2.28. The van der Waals surface area contributed by atoms with Crippen LogP contribution in [-0.4, -0.2) is 21.8 Å². The first-order valence-corrected chi connectivity index (χ1v) is 8.30. The molecule has 2 amide bonds. The molecular weight excluding hydrogens is 384 g/mol. The van der Waals surface area contributed by atoms with Gasteiger partial charge in [0.05, 0.1) is 6.33 Å². The number of carbonyl (C=O) groups is 2. The van der Waals surface area contributed by atoms with E-state index in [9.17, 15) is 9.59 Å². The number of aryl methyl sites for hydroxylation is 1. The number of H-pyrrole nitrogens is 1. The Kier molecular flexibility index (Phi) is 4.95. The Morgan fingerprint density at radius 3 is 2.44 bits per heavy atom. The molecule has 0 spiro atoms. The molecule has 0 aliphatic carbocycles. The standard InChI is InChI=1S/C18H15BrN4O2/c1-11-3-2-4-14(9-11)23-18(25)16-15(20-10-21-16)17(24)22-13-7-5-12(19)6-8-13/h2-10H,1H3,(H,20,21)(H,22,24)(H,23,25). The zero-order valence-electron chi connectivity index (χ0n) is 13.3. The average Bonchev–Trinajstić information content (AvgIpc) is 3.07. The van der Waals surface area contributed by atoms with Crippen LogP contribution in [-0.2, 0) is 0 Å². The molecule has 3 N–H and O–H groups in total. The average molecular weight is 399 g/mol. The number of hydrogen-bond donors (Lipinski definition) is 3. The van der Waals surface area contributed by atoms with Crippen LogP contribution in [0.15, 0.2) is 59.3 Å². The van der Waals surface area contributed by atoms with Crippen molar-refractivity contribution in [1.82, 2.24) is 9.97 Å². The molecule has 0 aliphatic rings. The fraction of sp³-hybridized carbons (Fsp3) is 0.0556. The molecule has 3 rings (SSSR count). The lowest BCUT2D eigenvalue weighted by atomic mass is 10.2. The summed E-state index contributed by atoms with van der Waals surface area (Å²) in [4.78, 5) is 31.5. The van der Waals surface area contributed by atoms with Crippen molar-refractivity contribution in [3.63, 3.8) is 0 Å². The number of nitrogens with zero attached hydrogens (tertiary/aromatic N) is 1. The largest absolute Gasteiger partial charge is 0.340 e. The summed E-state index contributed by atoms with van der Waals surface area (Å²) >= 11 is 3.34. The highest BCUT2D eigenvalue weighted by molar-refractivity contribution is 9.10. The first-order chi connectivity index (χ1) is 12.0. The topological polar surface area (TPSA) is 86.9 Å². The number of hydrogen-bond acceptors (Lipinski definition) is 3. The Labute approximate surface area is 152 Å². The van der Waals surface area contributed by atoms with E-state index in [1.807, 2.05) is 37.3 Å². The second-order valence-electron chi connectivity index (χ2n) is 5.41. The van der Waals surface area contributed by atoms with E-state index in [4.69, 9.17) is 0 Å². The molecule has 0 saturated carbocycles. The summed E-state index contributed by atoms with van der Waals surface area (Å²) in [5.41, 5.74) is 2.43. The molecular formula is C18H15BrN4O2. The maximum Gasteiger partial charge on any atom is 0.276 e. The van der Waals surface area contributed by atoms with Gasteiger partial charge in [0.1, 0.15) is 5.69 Å². The Bertz CT molecular complexity index is 919. The van der Waals surface area contributed by atoms with Gasteiger partial charge in [0.25, 0.3) is 11.8 Å². The lowest BCUT2D eigenvalue weighted by Crippen LogP contribution is -2.20. The van der Waals surface area contributed by atoms with Crippen molar-refractivity contribution in [1.29, 1.82) is 0 Å². The van der Waals surface area contributed by atoms with Gasteiger partial charge in [-0.1, -0.05) is 28.1 Å². The van der Waals surface area contributed by atoms with E-state index in [-0.39, 0.29) is 11.4 Å². The zero-order chi connectivity index (χ0) is 17.8. The minimum atomic E-state index is -0.451. The van der Waals surface area contributed by atoms with Gasteiger partial charge >= 0.3 is 0 Å². The lowest BCUT2D eigenvalue weighted by Gasteiger charge is -2.07. The molecule has 2 aromatic carbocycles. The van der Waals surface area contributed by atoms with Crippen LogP contribution in [0.1, 0.15) is 26.5 Å². The quantitative estimate of drug-likeness (QED) is 0.620.